The third-order valence-corrected chi connectivity index (χ3v) is 4.36. The maximum absolute atomic E-state index is 12.6. The molecule has 0 aromatic heterocycles. The van der Waals surface area contributed by atoms with Crippen LogP contribution in [-0.4, -0.2) is 19.1 Å². The number of rotatable bonds is 6. The van der Waals surface area contributed by atoms with Crippen LogP contribution in [0.4, 0.5) is 5.69 Å². The van der Waals surface area contributed by atoms with Crippen LogP contribution in [0, 0.1) is 0 Å². The summed E-state index contributed by atoms with van der Waals surface area (Å²) in [6, 6.07) is 14.0. The van der Waals surface area contributed by atoms with Gasteiger partial charge in [0.25, 0.3) is 5.91 Å². The lowest BCUT2D eigenvalue weighted by atomic mass is 9.97. The molecule has 1 heterocycles. The van der Waals surface area contributed by atoms with E-state index in [-0.39, 0.29) is 5.91 Å². The van der Waals surface area contributed by atoms with Crippen LogP contribution < -0.4 is 10.6 Å². The number of ether oxygens (including phenoxy) is 1. The molecule has 0 fully saturated rings. The molecule has 0 spiro atoms. The fourth-order valence-electron chi connectivity index (χ4n) is 3.08. The Morgan fingerprint density at radius 2 is 2.00 bits per heavy atom. The summed E-state index contributed by atoms with van der Waals surface area (Å²) < 4.78 is 5.51. The lowest BCUT2D eigenvalue weighted by Gasteiger charge is -2.20. The van der Waals surface area contributed by atoms with Crippen molar-refractivity contribution >= 4 is 11.6 Å². The van der Waals surface area contributed by atoms with E-state index in [1.165, 1.54) is 0 Å². The summed E-state index contributed by atoms with van der Waals surface area (Å²) in [5, 5.41) is 6.43. The molecular weight excluding hydrogens is 300 g/mol. The van der Waals surface area contributed by atoms with Crippen LogP contribution in [-0.2, 0) is 24.3 Å². The normalized spacial score (nSPS) is 13.0. The zero-order chi connectivity index (χ0) is 16.8. The van der Waals surface area contributed by atoms with Gasteiger partial charge in [0.15, 0.2) is 0 Å². The van der Waals surface area contributed by atoms with E-state index >= 15 is 0 Å². The Balaban J connectivity index is 1.71. The Morgan fingerprint density at radius 1 is 1.17 bits per heavy atom. The first-order valence-corrected chi connectivity index (χ1v) is 8.58. The van der Waals surface area contributed by atoms with Crippen molar-refractivity contribution in [1.82, 2.24) is 5.32 Å². The van der Waals surface area contributed by atoms with Crippen molar-refractivity contribution in [3.05, 3.63) is 64.7 Å². The molecule has 0 unspecified atom stereocenters. The van der Waals surface area contributed by atoms with Gasteiger partial charge in [0.1, 0.15) is 0 Å². The fourth-order valence-corrected chi connectivity index (χ4v) is 3.08. The van der Waals surface area contributed by atoms with Crippen molar-refractivity contribution in [2.24, 2.45) is 0 Å². The van der Waals surface area contributed by atoms with E-state index in [1.54, 1.807) is 0 Å². The summed E-state index contributed by atoms with van der Waals surface area (Å²) in [6.07, 6.45) is 2.02. The highest BCUT2D eigenvalue weighted by Crippen LogP contribution is 2.25. The highest BCUT2D eigenvalue weighted by atomic mass is 16.5. The number of hydrogen-bond donors (Lipinski definition) is 2. The Labute approximate surface area is 143 Å². The van der Waals surface area contributed by atoms with Crippen LogP contribution >= 0.6 is 0 Å². The highest BCUT2D eigenvalue weighted by molar-refractivity contribution is 5.97. The Bertz CT molecular complexity index is 713. The summed E-state index contributed by atoms with van der Waals surface area (Å²) in [6.45, 7) is 4.73. The van der Waals surface area contributed by atoms with Gasteiger partial charge < -0.3 is 15.4 Å². The molecule has 0 saturated carbocycles. The quantitative estimate of drug-likeness (QED) is 0.855. The molecule has 4 heteroatoms. The summed E-state index contributed by atoms with van der Waals surface area (Å²) >= 11 is 0. The Hall–Kier alpha value is -2.33. The molecule has 0 radical (unpaired) electrons. The minimum absolute atomic E-state index is 0.0123. The van der Waals surface area contributed by atoms with E-state index in [4.69, 9.17) is 4.74 Å². The molecule has 0 saturated heterocycles. The number of amides is 1. The van der Waals surface area contributed by atoms with Crippen LogP contribution in [0.3, 0.4) is 0 Å². The van der Waals surface area contributed by atoms with Gasteiger partial charge in [-0.1, -0.05) is 30.3 Å². The van der Waals surface area contributed by atoms with Crippen molar-refractivity contribution < 1.29 is 9.53 Å². The fraction of sp³-hybridized carbons (Fsp3) is 0.350. The van der Waals surface area contributed by atoms with Crippen molar-refractivity contribution in [2.75, 3.05) is 18.5 Å². The Morgan fingerprint density at radius 3 is 2.83 bits per heavy atom. The van der Waals surface area contributed by atoms with Crippen LogP contribution in [0.5, 0.6) is 0 Å². The first kappa shape index (κ1) is 16.5. The second kappa shape index (κ2) is 7.97. The molecule has 2 aromatic rings. The molecule has 3 rings (SSSR count). The van der Waals surface area contributed by atoms with Crippen molar-refractivity contribution in [1.29, 1.82) is 0 Å². The molecule has 0 atom stereocenters. The number of hydrogen-bond acceptors (Lipinski definition) is 3. The number of anilines is 1. The van der Waals surface area contributed by atoms with Gasteiger partial charge >= 0.3 is 0 Å². The summed E-state index contributed by atoms with van der Waals surface area (Å²) in [5.74, 6) is -0.0123. The van der Waals surface area contributed by atoms with E-state index in [9.17, 15) is 4.79 Å². The van der Waals surface area contributed by atoms with Gasteiger partial charge in [-0.2, -0.15) is 0 Å². The third kappa shape index (κ3) is 3.77. The van der Waals surface area contributed by atoms with E-state index in [2.05, 4.69) is 10.6 Å². The van der Waals surface area contributed by atoms with Crippen LogP contribution in [0.1, 0.15) is 40.4 Å². The van der Waals surface area contributed by atoms with Gasteiger partial charge in [-0.25, -0.2) is 0 Å². The SMILES string of the molecule is CCOCc1ccccc1CNC(=O)c1cccc2c1CCCN2. The van der Waals surface area contributed by atoms with Crippen molar-refractivity contribution in [2.45, 2.75) is 32.9 Å². The molecule has 0 aliphatic carbocycles. The molecule has 4 nitrogen and oxygen atoms in total. The van der Waals surface area contributed by atoms with Crippen LogP contribution in [0.2, 0.25) is 0 Å². The topological polar surface area (TPSA) is 50.4 Å². The molecule has 126 valence electrons. The van der Waals surface area contributed by atoms with Gasteiger partial charge in [0.2, 0.25) is 0 Å². The molecule has 24 heavy (non-hydrogen) atoms. The molecule has 1 aliphatic heterocycles. The third-order valence-electron chi connectivity index (χ3n) is 4.36. The van der Waals surface area contributed by atoms with Crippen LogP contribution in [0.25, 0.3) is 0 Å². The van der Waals surface area contributed by atoms with E-state index in [0.717, 1.165) is 47.3 Å². The highest BCUT2D eigenvalue weighted by Gasteiger charge is 2.17. The molecule has 1 aliphatic rings. The number of benzene rings is 2. The average Bonchev–Trinajstić information content (AvgIpc) is 2.64. The van der Waals surface area contributed by atoms with Gasteiger partial charge in [-0.05, 0) is 48.6 Å². The minimum atomic E-state index is -0.0123. The number of nitrogens with one attached hydrogen (secondary N) is 2. The average molecular weight is 324 g/mol. The summed E-state index contributed by atoms with van der Waals surface area (Å²) in [7, 11) is 0. The summed E-state index contributed by atoms with van der Waals surface area (Å²) in [5.41, 5.74) is 5.22. The zero-order valence-electron chi connectivity index (χ0n) is 14.1. The second-order valence-electron chi connectivity index (χ2n) is 5.95. The predicted octanol–water partition coefficient (Wildman–Crippen LogP) is 3.51. The van der Waals surface area contributed by atoms with E-state index < -0.39 is 0 Å². The molecule has 1 amide bonds. The first-order valence-electron chi connectivity index (χ1n) is 8.58. The minimum Gasteiger partial charge on any atom is -0.385 e. The predicted molar refractivity (Wildman–Crippen MR) is 96.2 cm³/mol. The Kier molecular flexibility index (Phi) is 5.49. The van der Waals surface area contributed by atoms with Crippen molar-refractivity contribution in [3.63, 3.8) is 0 Å². The number of fused-ring (bicyclic) bond motifs is 1. The van der Waals surface area contributed by atoms with Gasteiger partial charge in [0, 0.05) is 30.9 Å². The van der Waals surface area contributed by atoms with Gasteiger partial charge in [0.05, 0.1) is 6.61 Å². The molecule has 2 aromatic carbocycles. The van der Waals surface area contributed by atoms with Gasteiger partial charge in [-0.3, -0.25) is 4.79 Å². The maximum Gasteiger partial charge on any atom is 0.251 e. The number of carbonyl (C=O) groups excluding carboxylic acids is 1. The molecule has 0 bridgehead atoms. The molecular formula is C20H24N2O2. The lowest BCUT2D eigenvalue weighted by Crippen LogP contribution is -2.26. The van der Waals surface area contributed by atoms with Crippen molar-refractivity contribution in [3.8, 4) is 0 Å². The number of carbonyl (C=O) groups is 1. The maximum atomic E-state index is 12.6. The van der Waals surface area contributed by atoms with Gasteiger partial charge in [-0.15, -0.1) is 0 Å². The lowest BCUT2D eigenvalue weighted by molar-refractivity contribution is 0.0949. The zero-order valence-corrected chi connectivity index (χ0v) is 14.1. The monoisotopic (exact) mass is 324 g/mol. The second-order valence-corrected chi connectivity index (χ2v) is 5.95. The van der Waals surface area contributed by atoms with E-state index in [1.807, 2.05) is 49.4 Å². The molecule has 2 N–H and O–H groups in total. The first-order chi connectivity index (χ1) is 11.8. The summed E-state index contributed by atoms with van der Waals surface area (Å²) in [4.78, 5) is 12.6. The van der Waals surface area contributed by atoms with Crippen LogP contribution in [0.15, 0.2) is 42.5 Å². The standard InChI is InChI=1S/C20H24N2O2/c1-2-24-14-16-8-4-3-7-15(16)13-22-20(23)18-9-5-11-19-17(18)10-6-12-21-19/h3-5,7-9,11,21H,2,6,10,12-14H2,1H3,(H,22,23). The van der Waals surface area contributed by atoms with E-state index in [0.29, 0.717) is 19.8 Å². The largest absolute Gasteiger partial charge is 0.385 e. The smallest absolute Gasteiger partial charge is 0.251 e.